The molecule has 0 aliphatic carbocycles. The number of piperidine rings is 1. The number of guanidine groups is 1. The average molecular weight is 613 g/mol. The SMILES string of the molecule is C=NN(C)/C(=C\Cc1ccc(OCc2cccs2)c(Cl)c1Cl)C1CCN(C(=O)CNC(=O)CN(F)C(=N)N)CC1. The summed E-state index contributed by atoms with van der Waals surface area (Å²) < 4.78 is 19.1. The zero-order valence-electron chi connectivity index (χ0n) is 22.0. The number of carbonyl (C=O) groups is 2. The van der Waals surface area contributed by atoms with E-state index < -0.39 is 18.4 Å². The number of thiophene rings is 1. The van der Waals surface area contributed by atoms with Crippen LogP contribution in [0.5, 0.6) is 5.75 Å². The van der Waals surface area contributed by atoms with E-state index in [1.165, 1.54) is 0 Å². The summed E-state index contributed by atoms with van der Waals surface area (Å²) in [6, 6.07) is 7.65. The van der Waals surface area contributed by atoms with Gasteiger partial charge in [0.1, 0.15) is 23.9 Å². The summed E-state index contributed by atoms with van der Waals surface area (Å²) >= 11 is 14.7. The average Bonchev–Trinajstić information content (AvgIpc) is 3.47. The molecule has 1 aromatic heterocycles. The predicted octanol–water partition coefficient (Wildman–Crippen LogP) is 4.04. The molecule has 2 heterocycles. The van der Waals surface area contributed by atoms with Crippen LogP contribution in [-0.2, 0) is 22.6 Å². The largest absolute Gasteiger partial charge is 0.486 e. The van der Waals surface area contributed by atoms with E-state index in [4.69, 9.17) is 39.1 Å². The van der Waals surface area contributed by atoms with E-state index in [1.54, 1.807) is 21.2 Å². The number of hydrazone groups is 1. The van der Waals surface area contributed by atoms with Gasteiger partial charge >= 0.3 is 0 Å². The molecule has 2 amide bonds. The van der Waals surface area contributed by atoms with Gasteiger partial charge in [-0.15, -0.1) is 11.3 Å². The molecular formula is C26H32Cl2FN7O3S. The number of ether oxygens (including phenoxy) is 1. The molecule has 4 N–H and O–H groups in total. The minimum atomic E-state index is -0.882. The Morgan fingerprint density at radius 2 is 2.05 bits per heavy atom. The Morgan fingerprint density at radius 3 is 2.67 bits per heavy atom. The van der Waals surface area contributed by atoms with E-state index in [9.17, 15) is 14.1 Å². The lowest BCUT2D eigenvalue weighted by Gasteiger charge is -2.35. The summed E-state index contributed by atoms with van der Waals surface area (Å²) in [5.41, 5.74) is 6.76. The van der Waals surface area contributed by atoms with Crippen molar-refractivity contribution < 1.29 is 18.8 Å². The van der Waals surface area contributed by atoms with Gasteiger partial charge in [-0.3, -0.25) is 20.0 Å². The second-order valence-corrected chi connectivity index (χ2v) is 10.8. The van der Waals surface area contributed by atoms with Crippen molar-refractivity contribution in [1.29, 1.82) is 5.41 Å². The molecule has 40 heavy (non-hydrogen) atoms. The number of carbonyl (C=O) groups excluding carboxylic acids is 2. The minimum absolute atomic E-state index is 0.118. The molecule has 1 saturated heterocycles. The summed E-state index contributed by atoms with van der Waals surface area (Å²) in [4.78, 5) is 27.0. The molecular weight excluding hydrogens is 580 g/mol. The van der Waals surface area contributed by atoms with Crippen molar-refractivity contribution in [2.75, 3.05) is 33.2 Å². The third kappa shape index (κ3) is 8.57. The zero-order chi connectivity index (χ0) is 29.2. The van der Waals surface area contributed by atoms with Gasteiger partial charge in [0.2, 0.25) is 17.8 Å². The van der Waals surface area contributed by atoms with Crippen LogP contribution in [0.15, 0.2) is 46.5 Å². The quantitative estimate of drug-likeness (QED) is 0.144. The van der Waals surface area contributed by atoms with Crippen molar-refractivity contribution >= 4 is 59.0 Å². The van der Waals surface area contributed by atoms with Gasteiger partial charge in [0.25, 0.3) is 0 Å². The van der Waals surface area contributed by atoms with Gasteiger partial charge in [0.15, 0.2) is 0 Å². The van der Waals surface area contributed by atoms with Crippen LogP contribution < -0.4 is 15.8 Å². The van der Waals surface area contributed by atoms with Crippen LogP contribution in [0, 0.1) is 11.3 Å². The van der Waals surface area contributed by atoms with Crippen LogP contribution >= 0.6 is 34.5 Å². The van der Waals surface area contributed by atoms with Crippen LogP contribution in [0.25, 0.3) is 0 Å². The van der Waals surface area contributed by atoms with Crippen molar-refractivity contribution in [1.82, 2.24) is 20.3 Å². The van der Waals surface area contributed by atoms with Gasteiger partial charge in [-0.25, -0.2) is 0 Å². The fourth-order valence-corrected chi connectivity index (χ4v) is 5.31. The predicted molar refractivity (Wildman–Crippen MR) is 156 cm³/mol. The van der Waals surface area contributed by atoms with Gasteiger partial charge in [0.05, 0.1) is 11.6 Å². The molecule has 1 aliphatic heterocycles. The van der Waals surface area contributed by atoms with Crippen LogP contribution in [0.3, 0.4) is 0 Å². The number of halogens is 3. The Bertz CT molecular complexity index is 1240. The van der Waals surface area contributed by atoms with Crippen molar-refractivity contribution in [2.45, 2.75) is 25.9 Å². The maximum absolute atomic E-state index is 13.3. The highest BCUT2D eigenvalue weighted by molar-refractivity contribution is 7.09. The maximum Gasteiger partial charge on any atom is 0.243 e. The van der Waals surface area contributed by atoms with Crippen LogP contribution in [0.1, 0.15) is 23.3 Å². The van der Waals surface area contributed by atoms with E-state index in [-0.39, 0.29) is 23.5 Å². The Balaban J connectivity index is 1.57. The first-order chi connectivity index (χ1) is 19.1. The lowest BCUT2D eigenvalue weighted by Crippen LogP contribution is -2.46. The fourth-order valence-electron chi connectivity index (χ4n) is 4.22. The smallest absolute Gasteiger partial charge is 0.243 e. The molecule has 10 nitrogen and oxygen atoms in total. The maximum atomic E-state index is 13.3. The number of nitrogens with zero attached hydrogens (tertiary/aromatic N) is 4. The summed E-state index contributed by atoms with van der Waals surface area (Å²) in [5.74, 6) is -1.26. The Morgan fingerprint density at radius 1 is 1.32 bits per heavy atom. The highest BCUT2D eigenvalue weighted by atomic mass is 35.5. The Hall–Kier alpha value is -3.35. The number of nitrogens with one attached hydrogen (secondary N) is 2. The molecule has 14 heteroatoms. The first-order valence-electron chi connectivity index (χ1n) is 12.4. The second-order valence-electron chi connectivity index (χ2n) is 9.05. The van der Waals surface area contributed by atoms with Crippen LogP contribution in [0.2, 0.25) is 10.0 Å². The third-order valence-electron chi connectivity index (χ3n) is 6.44. The van der Waals surface area contributed by atoms with Crippen molar-refractivity contribution in [3.8, 4) is 5.75 Å². The molecule has 0 atom stereocenters. The minimum Gasteiger partial charge on any atom is -0.486 e. The summed E-state index contributed by atoms with van der Waals surface area (Å²) in [7, 11) is 1.82. The van der Waals surface area contributed by atoms with Crippen molar-refractivity contribution in [3.05, 3.63) is 61.9 Å². The first-order valence-corrected chi connectivity index (χ1v) is 14.1. The molecule has 0 radical (unpaired) electrons. The molecule has 0 saturated carbocycles. The second kappa shape index (κ2) is 14.9. The number of benzene rings is 1. The summed E-state index contributed by atoms with van der Waals surface area (Å²) in [6.45, 7) is 4.00. The number of nitrogens with two attached hydrogens (primary N) is 1. The molecule has 216 valence electrons. The molecule has 0 unspecified atom stereocenters. The van der Waals surface area contributed by atoms with E-state index >= 15 is 0 Å². The van der Waals surface area contributed by atoms with E-state index in [2.05, 4.69) is 17.1 Å². The summed E-state index contributed by atoms with van der Waals surface area (Å²) in [6.07, 6.45) is 3.91. The van der Waals surface area contributed by atoms with Gasteiger partial charge in [-0.05, 0) is 42.3 Å². The number of allylic oxidation sites excluding steroid dienone is 2. The highest BCUT2D eigenvalue weighted by Gasteiger charge is 2.27. The normalized spacial score (nSPS) is 14.0. The molecule has 0 spiro atoms. The standard InChI is InChI=1S/C26H32Cl2FN7O3S/c1-32-34(2)20(7-5-18-6-8-21(25(28)24(18)27)39-16-19-4-3-13-40-19)17-9-11-35(12-10-17)23(38)14-33-22(37)15-36(29)26(30)31/h3-4,6-8,13,17H,1,5,9-12,14-16H2,2H3,(H3,30,31)(H,33,37)/b20-7-. The van der Waals surface area contributed by atoms with E-state index in [1.807, 2.05) is 42.8 Å². The Kier molecular flexibility index (Phi) is 11.6. The van der Waals surface area contributed by atoms with Crippen molar-refractivity contribution in [3.63, 3.8) is 0 Å². The number of hydrogen-bond acceptors (Lipinski definition) is 7. The zero-order valence-corrected chi connectivity index (χ0v) is 24.4. The number of likely N-dealkylation sites (tertiary alicyclic amines) is 1. The van der Waals surface area contributed by atoms with E-state index in [0.717, 1.165) is 16.1 Å². The Labute approximate surface area is 246 Å². The van der Waals surface area contributed by atoms with Gasteiger partial charge in [-0.1, -0.05) is 45.9 Å². The lowest BCUT2D eigenvalue weighted by atomic mass is 9.92. The first kappa shape index (κ1) is 31.2. The fraction of sp³-hybridized carbons (Fsp3) is 0.385. The van der Waals surface area contributed by atoms with Crippen LogP contribution in [0.4, 0.5) is 4.48 Å². The van der Waals surface area contributed by atoms with Crippen LogP contribution in [-0.4, -0.2) is 72.7 Å². The molecule has 2 aromatic rings. The number of amides is 2. The third-order valence-corrected chi connectivity index (χ3v) is 8.19. The van der Waals surface area contributed by atoms with Gasteiger partial charge in [0, 0.05) is 43.3 Å². The molecule has 0 bridgehead atoms. The van der Waals surface area contributed by atoms with Crippen molar-refractivity contribution in [2.24, 2.45) is 16.8 Å². The van der Waals surface area contributed by atoms with Gasteiger partial charge < -0.3 is 20.7 Å². The number of rotatable bonds is 12. The highest BCUT2D eigenvalue weighted by Crippen LogP contribution is 2.36. The molecule has 3 rings (SSSR count). The van der Waals surface area contributed by atoms with Gasteiger partial charge in [-0.2, -0.15) is 10.2 Å². The van der Waals surface area contributed by atoms with E-state index in [0.29, 0.717) is 54.8 Å². The number of hydrogen-bond donors (Lipinski definition) is 3. The molecule has 1 aromatic carbocycles. The molecule has 1 fully saturated rings. The topological polar surface area (TPSA) is 127 Å². The monoisotopic (exact) mass is 611 g/mol. The lowest BCUT2D eigenvalue weighted by molar-refractivity contribution is -0.134. The summed E-state index contributed by atoms with van der Waals surface area (Å²) in [5, 5.41) is 17.7. The molecule has 1 aliphatic rings.